The predicted octanol–water partition coefficient (Wildman–Crippen LogP) is 3.58. The number of benzene rings is 2. The first kappa shape index (κ1) is 25.8. The lowest BCUT2D eigenvalue weighted by molar-refractivity contribution is -0.133. The molecule has 3 N–H and O–H groups in total. The Bertz CT molecular complexity index is 1180. The molecule has 8 nitrogen and oxygen atoms in total. The van der Waals surface area contributed by atoms with E-state index in [1.54, 1.807) is 12.1 Å². The van der Waals surface area contributed by atoms with Gasteiger partial charge in [-0.05, 0) is 24.3 Å². The second-order valence-electron chi connectivity index (χ2n) is 8.92. The molecule has 192 valence electrons. The van der Waals surface area contributed by atoms with E-state index < -0.39 is 66.7 Å². The number of aliphatic hydroxyl groups is 1. The van der Waals surface area contributed by atoms with Gasteiger partial charge < -0.3 is 15.5 Å². The normalized spacial score (nSPS) is 22.0. The van der Waals surface area contributed by atoms with Crippen LogP contribution in [0.2, 0.25) is 5.02 Å². The highest BCUT2D eigenvalue weighted by Crippen LogP contribution is 2.39. The van der Waals surface area contributed by atoms with Crippen LogP contribution >= 0.6 is 11.6 Å². The van der Waals surface area contributed by atoms with Gasteiger partial charge in [0.2, 0.25) is 5.91 Å². The Labute approximate surface area is 209 Å². The quantitative estimate of drug-likeness (QED) is 0.534. The molecule has 0 spiro atoms. The zero-order valence-electron chi connectivity index (χ0n) is 18.8. The van der Waals surface area contributed by atoms with Crippen LogP contribution < -0.4 is 10.2 Å². The fraction of sp³-hybridized carbons (Fsp3) is 0.375. The Hall–Kier alpha value is -3.31. The van der Waals surface area contributed by atoms with Gasteiger partial charge in [0.15, 0.2) is 0 Å². The van der Waals surface area contributed by atoms with E-state index in [1.807, 2.05) is 0 Å². The second kappa shape index (κ2) is 9.98. The zero-order valence-corrected chi connectivity index (χ0v) is 19.5. The molecule has 0 aromatic heterocycles. The average Bonchev–Trinajstić information content (AvgIpc) is 3.18. The first-order valence-electron chi connectivity index (χ1n) is 11.2. The van der Waals surface area contributed by atoms with Gasteiger partial charge in [0.05, 0.1) is 12.6 Å². The van der Waals surface area contributed by atoms with E-state index in [-0.39, 0.29) is 29.2 Å². The minimum Gasteiger partial charge on any atom is -0.465 e. The summed E-state index contributed by atoms with van der Waals surface area (Å²) >= 11 is 6.37. The number of aliphatic hydroxyl groups excluding tert-OH is 1. The number of carbonyl (C=O) groups is 3. The van der Waals surface area contributed by atoms with Crippen LogP contribution in [0.3, 0.4) is 0 Å². The third-order valence-electron chi connectivity index (χ3n) is 6.28. The van der Waals surface area contributed by atoms with Crippen molar-refractivity contribution in [1.82, 2.24) is 10.2 Å². The lowest BCUT2D eigenvalue weighted by Crippen LogP contribution is -2.56. The van der Waals surface area contributed by atoms with Crippen LogP contribution in [0.25, 0.3) is 0 Å². The third kappa shape index (κ3) is 5.26. The molecule has 4 rings (SSSR count). The van der Waals surface area contributed by atoms with E-state index in [0.717, 1.165) is 21.9 Å². The Morgan fingerprint density at radius 1 is 1.14 bits per heavy atom. The van der Waals surface area contributed by atoms with Crippen LogP contribution in [0.4, 0.5) is 23.7 Å². The number of nitrogens with zero attached hydrogens (tertiary/aromatic N) is 2. The van der Waals surface area contributed by atoms with Gasteiger partial charge in [-0.2, -0.15) is 0 Å². The summed E-state index contributed by atoms with van der Waals surface area (Å²) in [5.74, 6) is -5.40. The Balaban J connectivity index is 1.80. The van der Waals surface area contributed by atoms with Crippen molar-refractivity contribution in [3.63, 3.8) is 0 Å². The zero-order chi connectivity index (χ0) is 26.2. The van der Waals surface area contributed by atoms with Gasteiger partial charge in [-0.15, -0.1) is 0 Å². The highest BCUT2D eigenvalue weighted by atomic mass is 35.5. The summed E-state index contributed by atoms with van der Waals surface area (Å²) in [6.45, 7) is -0.331. The van der Waals surface area contributed by atoms with Crippen LogP contribution in [0.5, 0.6) is 0 Å². The number of hydrogen-bond donors (Lipinski definition) is 3. The number of hydrogen-bond acceptors (Lipinski definition) is 4. The van der Waals surface area contributed by atoms with Gasteiger partial charge >= 0.3 is 6.09 Å². The maximum atomic E-state index is 14.2. The summed E-state index contributed by atoms with van der Waals surface area (Å²) in [5, 5.41) is 22.2. The molecular weight excluding hydrogens is 503 g/mol. The molecule has 1 saturated carbocycles. The van der Waals surface area contributed by atoms with Crippen molar-refractivity contribution in [2.45, 2.75) is 49.4 Å². The van der Waals surface area contributed by atoms with Crippen molar-refractivity contribution < 1.29 is 37.8 Å². The van der Waals surface area contributed by atoms with Gasteiger partial charge in [0.25, 0.3) is 11.8 Å². The number of anilines is 1. The van der Waals surface area contributed by atoms with Gasteiger partial charge in [-0.3, -0.25) is 19.4 Å². The molecule has 2 aromatic carbocycles. The van der Waals surface area contributed by atoms with E-state index in [1.165, 1.54) is 24.3 Å². The monoisotopic (exact) mass is 525 g/mol. The smallest absolute Gasteiger partial charge is 0.408 e. The highest BCUT2D eigenvalue weighted by Gasteiger charge is 2.48. The second-order valence-corrected chi connectivity index (χ2v) is 9.33. The topological polar surface area (TPSA) is 110 Å². The minimum atomic E-state index is -2.92. The molecule has 2 aromatic rings. The lowest BCUT2D eigenvalue weighted by Gasteiger charge is -2.39. The Morgan fingerprint density at radius 2 is 1.83 bits per heavy atom. The van der Waals surface area contributed by atoms with Gasteiger partial charge in [-0.1, -0.05) is 35.9 Å². The van der Waals surface area contributed by atoms with Crippen molar-refractivity contribution in [2.75, 3.05) is 11.4 Å². The molecule has 3 unspecified atom stereocenters. The molecule has 2 aliphatic rings. The van der Waals surface area contributed by atoms with Crippen molar-refractivity contribution in [3.05, 3.63) is 64.9 Å². The number of halogens is 4. The van der Waals surface area contributed by atoms with Crippen LogP contribution in [0.1, 0.15) is 30.9 Å². The fourth-order valence-corrected chi connectivity index (χ4v) is 4.83. The molecule has 2 fully saturated rings. The summed E-state index contributed by atoms with van der Waals surface area (Å²) in [5.41, 5.74) is 0.0477. The van der Waals surface area contributed by atoms with Crippen LogP contribution in [-0.4, -0.2) is 63.7 Å². The summed E-state index contributed by atoms with van der Waals surface area (Å²) < 4.78 is 41.1. The first-order chi connectivity index (χ1) is 17.0. The molecular formula is C24H23ClF3N3O5. The van der Waals surface area contributed by atoms with E-state index in [0.29, 0.717) is 0 Å². The first-order valence-corrected chi connectivity index (χ1v) is 11.5. The number of carbonyl (C=O) groups excluding carboxylic acids is 2. The predicted molar refractivity (Wildman–Crippen MR) is 123 cm³/mol. The summed E-state index contributed by atoms with van der Waals surface area (Å²) in [6, 6.07) is 7.04. The number of rotatable bonds is 6. The fourth-order valence-electron chi connectivity index (χ4n) is 4.59. The average molecular weight is 526 g/mol. The number of alkyl halides is 2. The summed E-state index contributed by atoms with van der Waals surface area (Å²) in [4.78, 5) is 40.8. The standard InChI is InChI=1S/C24H23ClF3N3O5/c25-18-7-2-1-6-17(18)20(21(33)29-14-10-24(27,28)11-14)31(15-5-3-4-13(26)8-15)22(34)19-9-16(32)12-30(19)23(35)36/h1-8,14,16,19-20,32H,9-12H2,(H,29,33)(H,35,36). The van der Waals surface area contributed by atoms with E-state index >= 15 is 0 Å². The van der Waals surface area contributed by atoms with Crippen molar-refractivity contribution >= 4 is 35.2 Å². The number of carboxylic acid groups (broad SMARTS) is 1. The summed E-state index contributed by atoms with van der Waals surface area (Å²) in [7, 11) is 0. The molecule has 3 amide bonds. The molecule has 3 atom stereocenters. The lowest BCUT2D eigenvalue weighted by atomic mass is 9.87. The molecule has 12 heteroatoms. The largest absolute Gasteiger partial charge is 0.465 e. The summed E-state index contributed by atoms with van der Waals surface area (Å²) in [6.07, 6.45) is -4.00. The van der Waals surface area contributed by atoms with E-state index in [4.69, 9.17) is 11.6 Å². The van der Waals surface area contributed by atoms with Gasteiger partial charge in [0, 0.05) is 41.6 Å². The molecule has 0 radical (unpaired) electrons. The number of β-amino-alcohol motifs (C(OH)–C–C–N with tert-alkyl or cyclic N) is 1. The maximum absolute atomic E-state index is 14.2. The van der Waals surface area contributed by atoms with Gasteiger partial charge in [-0.25, -0.2) is 18.0 Å². The van der Waals surface area contributed by atoms with Crippen molar-refractivity contribution in [3.8, 4) is 0 Å². The van der Waals surface area contributed by atoms with E-state index in [2.05, 4.69) is 5.32 Å². The van der Waals surface area contributed by atoms with Crippen LogP contribution in [0.15, 0.2) is 48.5 Å². The van der Waals surface area contributed by atoms with Crippen LogP contribution in [-0.2, 0) is 9.59 Å². The Kier molecular flexibility index (Phi) is 7.14. The third-order valence-corrected chi connectivity index (χ3v) is 6.62. The Morgan fingerprint density at radius 3 is 2.44 bits per heavy atom. The number of likely N-dealkylation sites (tertiary alicyclic amines) is 1. The maximum Gasteiger partial charge on any atom is 0.408 e. The molecule has 0 bridgehead atoms. The van der Waals surface area contributed by atoms with Crippen molar-refractivity contribution in [1.29, 1.82) is 0 Å². The SMILES string of the molecule is O=C(NC1CC(F)(F)C1)C(c1ccccc1Cl)N(C(=O)C1CC(O)CN1C(=O)O)c1cccc(F)c1. The molecule has 1 saturated heterocycles. The van der Waals surface area contributed by atoms with Gasteiger partial charge in [0.1, 0.15) is 17.9 Å². The highest BCUT2D eigenvalue weighted by molar-refractivity contribution is 6.31. The molecule has 1 aliphatic heterocycles. The van der Waals surface area contributed by atoms with E-state index in [9.17, 15) is 37.8 Å². The molecule has 1 aliphatic carbocycles. The van der Waals surface area contributed by atoms with Crippen LogP contribution in [0, 0.1) is 5.82 Å². The number of nitrogens with one attached hydrogen (secondary N) is 1. The molecule has 36 heavy (non-hydrogen) atoms. The number of amides is 3. The molecule has 1 heterocycles. The van der Waals surface area contributed by atoms with Crippen molar-refractivity contribution in [2.24, 2.45) is 0 Å². The minimum absolute atomic E-state index is 0.0762.